The van der Waals surface area contributed by atoms with Crippen molar-refractivity contribution >= 4 is 24.7 Å². The van der Waals surface area contributed by atoms with Gasteiger partial charge in [-0.1, -0.05) is 25.7 Å². The lowest BCUT2D eigenvalue weighted by Gasteiger charge is -2.49. The molecule has 140 valence electrons. The van der Waals surface area contributed by atoms with Gasteiger partial charge in [0.2, 0.25) is 5.91 Å². The number of amides is 1. The van der Waals surface area contributed by atoms with E-state index < -0.39 is 13.6 Å². The van der Waals surface area contributed by atoms with Crippen LogP contribution in [0.1, 0.15) is 26.1 Å². The molecule has 1 unspecified atom stereocenters. The zero-order valence-corrected chi connectivity index (χ0v) is 17.5. The summed E-state index contributed by atoms with van der Waals surface area (Å²) in [7, 11) is -1.46. The van der Waals surface area contributed by atoms with Gasteiger partial charge in [-0.15, -0.1) is 0 Å². The first-order valence-electron chi connectivity index (χ1n) is 9.68. The van der Waals surface area contributed by atoms with E-state index in [2.05, 4.69) is 66.9 Å². The average molecular weight is 371 g/mol. The smallest absolute Gasteiger partial charge is 0.224 e. The number of fused-ring (bicyclic) bond motifs is 3. The van der Waals surface area contributed by atoms with Crippen LogP contribution < -0.4 is 15.8 Å². The summed E-state index contributed by atoms with van der Waals surface area (Å²) >= 11 is 0. The molecule has 0 aromatic carbocycles. The van der Waals surface area contributed by atoms with Gasteiger partial charge in [-0.3, -0.25) is 4.79 Å². The summed E-state index contributed by atoms with van der Waals surface area (Å²) < 4.78 is 2.16. The number of nitrogens with one attached hydrogen (secondary N) is 2. The van der Waals surface area contributed by atoms with Crippen LogP contribution in [0, 0.1) is 17.8 Å². The van der Waals surface area contributed by atoms with E-state index in [1.54, 1.807) is 0 Å². The van der Waals surface area contributed by atoms with Crippen molar-refractivity contribution in [3.05, 3.63) is 30.4 Å². The van der Waals surface area contributed by atoms with E-state index in [-0.39, 0.29) is 11.8 Å². The number of hydrogen-bond acceptors (Lipinski definition) is 3. The van der Waals surface area contributed by atoms with E-state index in [1.165, 1.54) is 17.1 Å². The normalized spacial score (nSPS) is 25.8. The Morgan fingerprint density at radius 2 is 2.00 bits per heavy atom. The highest BCUT2D eigenvalue weighted by molar-refractivity contribution is 6.90. The van der Waals surface area contributed by atoms with Gasteiger partial charge in [-0.2, -0.15) is 0 Å². The largest absolute Gasteiger partial charge is 0.344 e. The Balaban J connectivity index is 1.63. The monoisotopic (exact) mass is 370 g/mol. The Morgan fingerprint density at radius 1 is 1.31 bits per heavy atom. The summed E-state index contributed by atoms with van der Waals surface area (Å²) in [5.74, 6) is 2.26. The highest BCUT2D eigenvalue weighted by Crippen LogP contribution is 2.43. The first-order valence-corrected chi connectivity index (χ1v) is 13.2. The van der Waals surface area contributed by atoms with Crippen LogP contribution in [-0.2, 0) is 10.3 Å². The number of hydrogen-bond donors (Lipinski definition) is 2. The fourth-order valence-corrected chi connectivity index (χ4v) is 6.29. The predicted molar refractivity (Wildman–Crippen MR) is 107 cm³/mol. The maximum absolute atomic E-state index is 12.9. The second-order valence-electron chi connectivity index (χ2n) is 9.56. The Hall–Kier alpha value is -1.66. The van der Waals surface area contributed by atoms with E-state index in [0.29, 0.717) is 11.8 Å². The number of aromatic nitrogens is 2. The van der Waals surface area contributed by atoms with Crippen LogP contribution in [0.5, 0.6) is 0 Å². The molecular formula is C20H30N4OSi. The van der Waals surface area contributed by atoms with Gasteiger partial charge in [0.05, 0.1) is 25.3 Å². The van der Waals surface area contributed by atoms with Gasteiger partial charge in [0.15, 0.2) is 0 Å². The molecule has 2 aromatic rings. The van der Waals surface area contributed by atoms with Crippen LogP contribution in [0.25, 0.3) is 5.52 Å². The molecule has 1 aliphatic heterocycles. The van der Waals surface area contributed by atoms with E-state index in [9.17, 15) is 4.79 Å². The number of carbonyl (C=O) groups excluding carboxylic acids is 1. The maximum Gasteiger partial charge on any atom is 0.224 e. The summed E-state index contributed by atoms with van der Waals surface area (Å²) in [4.78, 5) is 17.7. The van der Waals surface area contributed by atoms with Crippen LogP contribution >= 0.6 is 0 Å². The van der Waals surface area contributed by atoms with E-state index in [0.717, 1.165) is 18.9 Å². The van der Waals surface area contributed by atoms with Crippen LogP contribution in [0.4, 0.5) is 0 Å². The molecular weight excluding hydrogens is 340 g/mol. The van der Waals surface area contributed by atoms with Gasteiger partial charge in [-0.05, 0) is 56.4 Å². The van der Waals surface area contributed by atoms with Crippen LogP contribution in [0.3, 0.4) is 0 Å². The van der Waals surface area contributed by atoms with Crippen molar-refractivity contribution in [3.63, 3.8) is 0 Å². The third-order valence-corrected chi connectivity index (χ3v) is 8.15. The zero-order valence-electron chi connectivity index (χ0n) is 16.5. The minimum atomic E-state index is -1.46. The fourth-order valence-electron chi connectivity index (χ4n) is 4.74. The van der Waals surface area contributed by atoms with Crippen molar-refractivity contribution < 1.29 is 4.79 Å². The molecule has 6 heteroatoms. The van der Waals surface area contributed by atoms with Crippen molar-refractivity contribution in [1.82, 2.24) is 20.0 Å². The summed E-state index contributed by atoms with van der Waals surface area (Å²) in [6.45, 7) is 13.1. The summed E-state index contributed by atoms with van der Waals surface area (Å²) in [5, 5.41) is 8.12. The van der Waals surface area contributed by atoms with E-state index in [4.69, 9.17) is 4.98 Å². The Labute approximate surface area is 156 Å². The second-order valence-corrected chi connectivity index (χ2v) is 14.6. The molecule has 2 aromatic heterocycles. The van der Waals surface area contributed by atoms with Crippen molar-refractivity contribution in [2.75, 3.05) is 13.1 Å². The minimum Gasteiger partial charge on any atom is -0.344 e. The number of rotatable bonds is 4. The number of imidazole rings is 1. The van der Waals surface area contributed by atoms with Gasteiger partial charge >= 0.3 is 0 Å². The van der Waals surface area contributed by atoms with Crippen molar-refractivity contribution in [2.24, 2.45) is 17.8 Å². The molecule has 26 heavy (non-hydrogen) atoms. The Kier molecular flexibility index (Phi) is 4.04. The molecule has 2 aliphatic rings. The fraction of sp³-hybridized carbons (Fsp3) is 0.600. The Bertz CT molecular complexity index is 837. The summed E-state index contributed by atoms with van der Waals surface area (Å²) in [6, 6.07) is 4.33. The third kappa shape index (κ3) is 2.79. The lowest BCUT2D eigenvalue weighted by molar-refractivity contribution is -0.138. The summed E-state index contributed by atoms with van der Waals surface area (Å²) in [5.41, 5.74) is 0.674. The van der Waals surface area contributed by atoms with E-state index >= 15 is 0 Å². The first-order chi connectivity index (χ1) is 12.2. The standard InChI is InChI=1S/C20H30N4OSi/c1-20(2,23-18(25)17-13-9-14(17)11-21-10-13)19-22-12-15-16(26(3,4)5)7-6-8-24(15)19/h6-8,12-14,17,21H,9-11H2,1-5H3,(H,23,25)/t13-,14+,17?. The maximum atomic E-state index is 12.9. The predicted octanol–water partition coefficient (Wildman–Crippen LogP) is 2.09. The Morgan fingerprint density at radius 3 is 2.62 bits per heavy atom. The molecule has 1 saturated heterocycles. The number of nitrogens with zero attached hydrogens (tertiary/aromatic N) is 2. The number of carbonyl (C=O) groups is 1. The first kappa shape index (κ1) is 17.7. The lowest BCUT2D eigenvalue weighted by Crippen LogP contribution is -2.60. The topological polar surface area (TPSA) is 58.4 Å². The van der Waals surface area contributed by atoms with Gasteiger partial charge < -0.3 is 15.0 Å². The molecule has 2 bridgehead atoms. The summed E-state index contributed by atoms with van der Waals surface area (Å²) in [6.07, 6.45) is 5.23. The third-order valence-electron chi connectivity index (χ3n) is 6.11. The molecule has 2 N–H and O–H groups in total. The highest BCUT2D eigenvalue weighted by atomic mass is 28.3. The van der Waals surface area contributed by atoms with Gasteiger partial charge in [0, 0.05) is 12.1 Å². The lowest BCUT2D eigenvalue weighted by atomic mass is 9.61. The van der Waals surface area contributed by atoms with Crippen LogP contribution in [0.2, 0.25) is 19.6 Å². The van der Waals surface area contributed by atoms with Crippen LogP contribution in [-0.4, -0.2) is 36.5 Å². The molecule has 0 radical (unpaired) electrons. The molecule has 0 spiro atoms. The highest BCUT2D eigenvalue weighted by Gasteiger charge is 2.48. The van der Waals surface area contributed by atoms with Crippen molar-refractivity contribution in [1.29, 1.82) is 0 Å². The molecule has 3 heterocycles. The number of pyridine rings is 1. The van der Waals surface area contributed by atoms with Crippen molar-refractivity contribution in [3.8, 4) is 0 Å². The zero-order chi connectivity index (χ0) is 18.7. The number of piperidine rings is 2. The van der Waals surface area contributed by atoms with Gasteiger partial charge in [0.1, 0.15) is 5.82 Å². The molecule has 4 rings (SSSR count). The molecule has 1 aliphatic carbocycles. The van der Waals surface area contributed by atoms with Gasteiger partial charge in [-0.25, -0.2) is 4.98 Å². The average Bonchev–Trinajstić information content (AvgIpc) is 2.98. The SMILES string of the molecule is CC(C)(NC(=O)C1[C@@H]2CNC[C@H]1C2)c1ncc2c([Si](C)(C)C)cccn12. The molecule has 2 fully saturated rings. The molecule has 5 nitrogen and oxygen atoms in total. The molecule has 1 saturated carbocycles. The van der Waals surface area contributed by atoms with Crippen LogP contribution in [0.15, 0.2) is 24.5 Å². The van der Waals surface area contributed by atoms with Gasteiger partial charge in [0.25, 0.3) is 0 Å². The quantitative estimate of drug-likeness (QED) is 0.810. The minimum absolute atomic E-state index is 0.166. The second kappa shape index (κ2) is 5.92. The molecule has 3 atom stereocenters. The van der Waals surface area contributed by atoms with Crippen molar-refractivity contribution in [2.45, 2.75) is 45.4 Å². The molecule has 1 amide bonds. The van der Waals surface area contributed by atoms with E-state index in [1.807, 2.05) is 6.20 Å².